The highest BCUT2D eigenvalue weighted by Gasteiger charge is 2.18. The molecule has 0 saturated heterocycles. The molecule has 0 aliphatic heterocycles. The highest BCUT2D eigenvalue weighted by molar-refractivity contribution is 7.89. The van der Waals surface area contributed by atoms with E-state index in [9.17, 15) is 8.42 Å². The molecule has 104 valence electrons. The average molecular weight is 286 g/mol. The van der Waals surface area contributed by atoms with Gasteiger partial charge in [0.05, 0.1) is 6.54 Å². The van der Waals surface area contributed by atoms with Gasteiger partial charge in [0.1, 0.15) is 5.76 Å². The molecule has 2 aromatic heterocycles. The molecule has 0 aliphatic carbocycles. The highest BCUT2D eigenvalue weighted by Crippen LogP contribution is 2.13. The summed E-state index contributed by atoms with van der Waals surface area (Å²) in [5.41, 5.74) is 5.35. The van der Waals surface area contributed by atoms with Crippen LogP contribution in [-0.4, -0.2) is 25.1 Å². The first-order chi connectivity index (χ1) is 9.01. The summed E-state index contributed by atoms with van der Waals surface area (Å²) in [4.78, 5) is 3.97. The van der Waals surface area contributed by atoms with Crippen LogP contribution in [0.1, 0.15) is 17.5 Å². The first kappa shape index (κ1) is 13.7. The lowest BCUT2D eigenvalue weighted by molar-refractivity contribution is 0.387. The van der Waals surface area contributed by atoms with Crippen molar-refractivity contribution in [3.63, 3.8) is 0 Å². The summed E-state index contributed by atoms with van der Waals surface area (Å²) in [7, 11) is -3.67. The molecule has 9 heteroatoms. The van der Waals surface area contributed by atoms with Gasteiger partial charge in [0, 0.05) is 19.9 Å². The maximum Gasteiger partial charge on any atom is 0.273 e. The minimum absolute atomic E-state index is 0.150. The molecule has 0 bridgehead atoms. The summed E-state index contributed by atoms with van der Waals surface area (Å²) in [5.74, 6) is 1.30. The quantitative estimate of drug-likeness (QED) is 0.762. The Morgan fingerprint density at radius 2 is 2.21 bits per heavy atom. The number of hydrogen-bond acceptors (Lipinski definition) is 7. The molecule has 0 atom stereocenters. The summed E-state index contributed by atoms with van der Waals surface area (Å²) in [6.07, 6.45) is 0.334. The standard InChI is InChI=1S/C10H14N4O4S/c1-7-13-9(14-18-7)4-5-12-19(15,16)10-3-2-8(6-11)17-10/h2-3,12H,4-6,11H2,1H3. The van der Waals surface area contributed by atoms with Gasteiger partial charge in [-0.25, -0.2) is 13.1 Å². The summed E-state index contributed by atoms with van der Waals surface area (Å²) in [6, 6.07) is 2.89. The fraction of sp³-hybridized carbons (Fsp3) is 0.400. The smallest absolute Gasteiger partial charge is 0.273 e. The van der Waals surface area contributed by atoms with Crippen LogP contribution in [0.2, 0.25) is 0 Å². The second-order valence-electron chi connectivity index (χ2n) is 3.80. The first-order valence-electron chi connectivity index (χ1n) is 5.59. The lowest BCUT2D eigenvalue weighted by Crippen LogP contribution is -2.25. The maximum atomic E-state index is 11.8. The van der Waals surface area contributed by atoms with Gasteiger partial charge in [0.2, 0.25) is 11.0 Å². The Morgan fingerprint density at radius 1 is 1.42 bits per heavy atom. The zero-order chi connectivity index (χ0) is 13.9. The molecule has 0 spiro atoms. The van der Waals surface area contributed by atoms with E-state index in [2.05, 4.69) is 14.9 Å². The van der Waals surface area contributed by atoms with Gasteiger partial charge in [-0.1, -0.05) is 5.16 Å². The van der Waals surface area contributed by atoms with Crippen molar-refractivity contribution in [3.05, 3.63) is 29.6 Å². The molecule has 0 aromatic carbocycles. The number of hydrogen-bond donors (Lipinski definition) is 2. The van der Waals surface area contributed by atoms with Gasteiger partial charge in [-0.15, -0.1) is 0 Å². The molecule has 0 aliphatic rings. The van der Waals surface area contributed by atoms with Gasteiger partial charge < -0.3 is 14.7 Å². The van der Waals surface area contributed by atoms with E-state index >= 15 is 0 Å². The van der Waals surface area contributed by atoms with Crippen LogP contribution in [0.4, 0.5) is 0 Å². The van der Waals surface area contributed by atoms with Crippen molar-refractivity contribution >= 4 is 10.0 Å². The Morgan fingerprint density at radius 3 is 2.79 bits per heavy atom. The topological polar surface area (TPSA) is 124 Å². The molecule has 19 heavy (non-hydrogen) atoms. The number of aryl methyl sites for hydroxylation is 1. The van der Waals surface area contributed by atoms with Crippen LogP contribution in [0.25, 0.3) is 0 Å². The number of nitrogens with zero attached hydrogens (tertiary/aromatic N) is 2. The van der Waals surface area contributed by atoms with Crippen molar-refractivity contribution in [1.82, 2.24) is 14.9 Å². The number of nitrogens with one attached hydrogen (secondary N) is 1. The van der Waals surface area contributed by atoms with Crippen LogP contribution < -0.4 is 10.5 Å². The van der Waals surface area contributed by atoms with Crippen LogP contribution in [0.5, 0.6) is 0 Å². The molecule has 0 saturated carbocycles. The monoisotopic (exact) mass is 286 g/mol. The van der Waals surface area contributed by atoms with Crippen molar-refractivity contribution < 1.29 is 17.4 Å². The van der Waals surface area contributed by atoms with E-state index in [0.717, 1.165) is 0 Å². The van der Waals surface area contributed by atoms with Crippen LogP contribution in [0.3, 0.4) is 0 Å². The van der Waals surface area contributed by atoms with E-state index < -0.39 is 10.0 Å². The van der Waals surface area contributed by atoms with E-state index in [1.54, 1.807) is 6.92 Å². The van der Waals surface area contributed by atoms with Gasteiger partial charge in [-0.3, -0.25) is 0 Å². The number of nitrogens with two attached hydrogens (primary N) is 1. The Balaban J connectivity index is 1.94. The minimum Gasteiger partial charge on any atom is -0.447 e. The third-order valence-electron chi connectivity index (χ3n) is 2.31. The third kappa shape index (κ3) is 3.40. The Labute approximate surface area is 110 Å². The average Bonchev–Trinajstić information content (AvgIpc) is 2.98. The molecule has 0 unspecified atom stereocenters. The lowest BCUT2D eigenvalue weighted by atomic mass is 10.4. The van der Waals surface area contributed by atoms with Gasteiger partial charge in [-0.2, -0.15) is 4.98 Å². The van der Waals surface area contributed by atoms with E-state index in [1.165, 1.54) is 12.1 Å². The largest absolute Gasteiger partial charge is 0.447 e. The maximum absolute atomic E-state index is 11.8. The molecule has 8 nitrogen and oxygen atoms in total. The van der Waals surface area contributed by atoms with Gasteiger partial charge in [0.25, 0.3) is 10.0 Å². The Bertz CT molecular complexity index is 646. The molecular formula is C10H14N4O4S. The Hall–Kier alpha value is -1.71. The molecule has 0 amide bonds. The van der Waals surface area contributed by atoms with E-state index in [1.807, 2.05) is 0 Å². The summed E-state index contributed by atoms with van der Waals surface area (Å²) in [5, 5.41) is 3.51. The zero-order valence-corrected chi connectivity index (χ0v) is 11.1. The second-order valence-corrected chi connectivity index (χ2v) is 5.50. The van der Waals surface area contributed by atoms with E-state index in [-0.39, 0.29) is 18.2 Å². The van der Waals surface area contributed by atoms with Crippen molar-refractivity contribution in [2.45, 2.75) is 25.0 Å². The molecule has 2 heterocycles. The zero-order valence-electron chi connectivity index (χ0n) is 10.3. The lowest BCUT2D eigenvalue weighted by Gasteiger charge is -2.01. The normalized spacial score (nSPS) is 11.9. The number of sulfonamides is 1. The fourth-order valence-corrected chi connectivity index (χ4v) is 2.40. The summed E-state index contributed by atoms with van der Waals surface area (Å²) < 4.78 is 35.9. The predicted octanol–water partition coefficient (Wildman–Crippen LogP) is -0.0493. The summed E-state index contributed by atoms with van der Waals surface area (Å²) in [6.45, 7) is 1.97. The minimum atomic E-state index is -3.67. The number of furan rings is 1. The summed E-state index contributed by atoms with van der Waals surface area (Å²) >= 11 is 0. The molecule has 0 fully saturated rings. The van der Waals surface area contributed by atoms with Gasteiger partial charge >= 0.3 is 0 Å². The number of rotatable bonds is 6. The van der Waals surface area contributed by atoms with Crippen LogP contribution in [0.15, 0.2) is 26.2 Å². The van der Waals surface area contributed by atoms with Gasteiger partial charge in [-0.05, 0) is 12.1 Å². The molecular weight excluding hydrogens is 272 g/mol. The van der Waals surface area contributed by atoms with E-state index in [0.29, 0.717) is 23.9 Å². The molecule has 2 rings (SSSR count). The third-order valence-corrected chi connectivity index (χ3v) is 3.65. The Kier molecular flexibility index (Phi) is 3.98. The van der Waals surface area contributed by atoms with Crippen LogP contribution >= 0.6 is 0 Å². The van der Waals surface area contributed by atoms with Gasteiger partial charge in [0.15, 0.2) is 5.82 Å². The molecule has 2 aromatic rings. The first-order valence-corrected chi connectivity index (χ1v) is 7.07. The molecule has 3 N–H and O–H groups in total. The van der Waals surface area contributed by atoms with Crippen molar-refractivity contribution in [1.29, 1.82) is 0 Å². The second kappa shape index (κ2) is 5.51. The van der Waals surface area contributed by atoms with Crippen LogP contribution in [0, 0.1) is 6.92 Å². The predicted molar refractivity (Wildman–Crippen MR) is 64.5 cm³/mol. The SMILES string of the molecule is Cc1nc(CCNS(=O)(=O)c2ccc(CN)o2)no1. The van der Waals surface area contributed by atoms with Crippen molar-refractivity contribution in [3.8, 4) is 0 Å². The number of aromatic nitrogens is 2. The van der Waals surface area contributed by atoms with Crippen molar-refractivity contribution in [2.24, 2.45) is 5.73 Å². The molecule has 0 radical (unpaired) electrons. The van der Waals surface area contributed by atoms with E-state index in [4.69, 9.17) is 14.7 Å². The fourth-order valence-electron chi connectivity index (χ4n) is 1.42. The van der Waals surface area contributed by atoms with Crippen LogP contribution in [-0.2, 0) is 23.0 Å². The van der Waals surface area contributed by atoms with Crippen molar-refractivity contribution in [2.75, 3.05) is 6.54 Å². The highest BCUT2D eigenvalue weighted by atomic mass is 32.2.